The van der Waals surface area contributed by atoms with Crippen LogP contribution in [0.1, 0.15) is 58.3 Å². The lowest BCUT2D eigenvalue weighted by Gasteiger charge is -2.20. The third-order valence-corrected chi connectivity index (χ3v) is 8.56. The average Bonchev–Trinajstić information content (AvgIpc) is 3.68. The second kappa shape index (κ2) is 9.71. The Morgan fingerprint density at radius 2 is 2.03 bits per heavy atom. The number of hydrogen-bond donors (Lipinski definition) is 2. The van der Waals surface area contributed by atoms with Gasteiger partial charge in [-0.3, -0.25) is 24.2 Å². The Morgan fingerprint density at radius 1 is 1.14 bits per heavy atom. The molecule has 6 rings (SSSR count). The molecule has 0 saturated carbocycles. The van der Waals surface area contributed by atoms with Crippen LogP contribution in [0.3, 0.4) is 0 Å². The van der Waals surface area contributed by atoms with Crippen LogP contribution in [0.2, 0.25) is 0 Å². The molecule has 6 heterocycles. The summed E-state index contributed by atoms with van der Waals surface area (Å²) in [5.74, 6) is -0.478. The maximum Gasteiger partial charge on any atom is 0.260 e. The van der Waals surface area contributed by atoms with Crippen molar-refractivity contribution in [1.29, 1.82) is 0 Å². The van der Waals surface area contributed by atoms with Crippen molar-refractivity contribution in [1.82, 2.24) is 34.6 Å². The topological polar surface area (TPSA) is 109 Å². The summed E-state index contributed by atoms with van der Waals surface area (Å²) in [5, 5.41) is 14.8. The number of hydrogen-bond acceptors (Lipinski definition) is 7. The van der Waals surface area contributed by atoms with E-state index in [1.165, 1.54) is 29.9 Å². The van der Waals surface area contributed by atoms with Gasteiger partial charge in [0.05, 0.1) is 39.8 Å². The number of anilines is 1. The number of rotatable bonds is 7. The van der Waals surface area contributed by atoms with E-state index >= 15 is 0 Å². The molecule has 1 saturated heterocycles. The molecule has 0 radical (unpaired) electrons. The largest absolute Gasteiger partial charge is 0.351 e. The molecule has 0 spiro atoms. The van der Waals surface area contributed by atoms with E-state index in [0.29, 0.717) is 35.1 Å². The molecule has 0 bridgehead atoms. The number of likely N-dealkylation sites (tertiary alicyclic amines) is 1. The molecule has 37 heavy (non-hydrogen) atoms. The van der Waals surface area contributed by atoms with Gasteiger partial charge in [-0.1, -0.05) is 0 Å². The molecule has 192 valence electrons. The van der Waals surface area contributed by atoms with E-state index in [1.807, 2.05) is 19.3 Å². The minimum atomic E-state index is -0.283. The van der Waals surface area contributed by atoms with Crippen LogP contribution in [-0.4, -0.2) is 66.8 Å². The van der Waals surface area contributed by atoms with Crippen molar-refractivity contribution in [2.75, 3.05) is 25.0 Å². The van der Waals surface area contributed by atoms with Crippen LogP contribution in [-0.2, 0) is 13.0 Å². The third-order valence-electron chi connectivity index (χ3n) is 7.41. The van der Waals surface area contributed by atoms with Gasteiger partial charge in [0.25, 0.3) is 11.8 Å². The number of carbonyl (C=O) groups is 2. The molecule has 4 aromatic rings. The molecule has 2 N–H and O–H groups in total. The predicted octanol–water partition coefficient (Wildman–Crippen LogP) is 3.38. The monoisotopic (exact) mass is 518 g/mol. The third kappa shape index (κ3) is 4.53. The highest BCUT2D eigenvalue weighted by molar-refractivity contribution is 7.21. The van der Waals surface area contributed by atoms with Gasteiger partial charge in [0.15, 0.2) is 0 Å². The van der Waals surface area contributed by atoms with Crippen LogP contribution < -0.4 is 10.6 Å². The second-order valence-corrected chi connectivity index (χ2v) is 10.9. The van der Waals surface area contributed by atoms with Crippen LogP contribution in [0.25, 0.3) is 15.3 Å². The summed E-state index contributed by atoms with van der Waals surface area (Å²) in [6.45, 7) is 7.48. The highest BCUT2D eigenvalue weighted by atomic mass is 32.1. The fourth-order valence-electron chi connectivity index (χ4n) is 5.25. The number of aryl methyl sites for hydroxylation is 2. The molecule has 0 unspecified atom stereocenters. The SMILES string of the molecule is Cc1ncc(C(=O)NCCN2CCC[C@@H]2C)cc1NC(=O)c1cnn2cc(-c3cnn4c3CCC4)sc12. The lowest BCUT2D eigenvalue weighted by molar-refractivity contribution is 0.0946. The van der Waals surface area contributed by atoms with Crippen LogP contribution >= 0.6 is 11.3 Å². The summed E-state index contributed by atoms with van der Waals surface area (Å²) in [6.07, 6.45) is 11.5. The number of nitrogens with one attached hydrogen (secondary N) is 2. The Kier molecular flexibility index (Phi) is 6.25. The number of carbonyl (C=O) groups excluding carboxylic acids is 2. The number of fused-ring (bicyclic) bond motifs is 2. The molecule has 4 aromatic heterocycles. The Bertz CT molecular complexity index is 1490. The molecular formula is C26H30N8O2S. The van der Waals surface area contributed by atoms with Crippen molar-refractivity contribution in [2.45, 2.75) is 52.1 Å². The molecule has 2 amide bonds. The summed E-state index contributed by atoms with van der Waals surface area (Å²) >= 11 is 1.53. The summed E-state index contributed by atoms with van der Waals surface area (Å²) in [7, 11) is 0. The van der Waals surface area contributed by atoms with Crippen molar-refractivity contribution < 1.29 is 9.59 Å². The van der Waals surface area contributed by atoms with Crippen molar-refractivity contribution in [2.24, 2.45) is 0 Å². The maximum atomic E-state index is 13.2. The van der Waals surface area contributed by atoms with Crippen molar-refractivity contribution in [3.05, 3.63) is 53.4 Å². The van der Waals surface area contributed by atoms with Gasteiger partial charge in [-0.2, -0.15) is 10.2 Å². The molecule has 0 aromatic carbocycles. The summed E-state index contributed by atoms with van der Waals surface area (Å²) in [4.78, 5) is 34.5. The first-order chi connectivity index (χ1) is 18.0. The van der Waals surface area contributed by atoms with Gasteiger partial charge >= 0.3 is 0 Å². The molecule has 2 aliphatic heterocycles. The van der Waals surface area contributed by atoms with Gasteiger partial charge in [0, 0.05) is 49.3 Å². The van der Waals surface area contributed by atoms with Crippen molar-refractivity contribution >= 4 is 33.7 Å². The highest BCUT2D eigenvalue weighted by Crippen LogP contribution is 2.35. The van der Waals surface area contributed by atoms with Crippen molar-refractivity contribution in [3.63, 3.8) is 0 Å². The smallest absolute Gasteiger partial charge is 0.260 e. The normalized spacial score (nSPS) is 17.4. The Hall–Kier alpha value is -3.57. The Morgan fingerprint density at radius 3 is 2.86 bits per heavy atom. The zero-order chi connectivity index (χ0) is 25.5. The summed E-state index contributed by atoms with van der Waals surface area (Å²) in [6, 6.07) is 2.25. The Balaban J connectivity index is 1.16. The second-order valence-electron chi connectivity index (χ2n) is 9.83. The first-order valence-electron chi connectivity index (χ1n) is 12.8. The van der Waals surface area contributed by atoms with Gasteiger partial charge in [-0.25, -0.2) is 4.52 Å². The van der Waals surface area contributed by atoms with E-state index in [2.05, 4.69) is 42.3 Å². The molecular weight excluding hydrogens is 488 g/mol. The average molecular weight is 519 g/mol. The van der Waals surface area contributed by atoms with Gasteiger partial charge in [-0.05, 0) is 52.1 Å². The molecule has 10 nitrogen and oxygen atoms in total. The van der Waals surface area contributed by atoms with E-state index in [9.17, 15) is 9.59 Å². The van der Waals surface area contributed by atoms with E-state index in [4.69, 9.17) is 0 Å². The predicted molar refractivity (Wildman–Crippen MR) is 142 cm³/mol. The maximum absolute atomic E-state index is 13.2. The molecule has 1 fully saturated rings. The van der Waals surface area contributed by atoms with E-state index < -0.39 is 0 Å². The molecule has 1 atom stereocenters. The van der Waals surface area contributed by atoms with Crippen LogP contribution in [0, 0.1) is 6.92 Å². The summed E-state index contributed by atoms with van der Waals surface area (Å²) < 4.78 is 3.79. The van der Waals surface area contributed by atoms with Crippen LogP contribution in [0.15, 0.2) is 30.9 Å². The van der Waals surface area contributed by atoms with Gasteiger partial charge in [0.1, 0.15) is 4.83 Å². The van der Waals surface area contributed by atoms with Gasteiger partial charge in [-0.15, -0.1) is 11.3 Å². The molecule has 0 aliphatic carbocycles. The zero-order valence-corrected chi connectivity index (χ0v) is 21.8. The van der Waals surface area contributed by atoms with Gasteiger partial charge in [0.2, 0.25) is 0 Å². The van der Waals surface area contributed by atoms with E-state index in [1.54, 1.807) is 23.0 Å². The lowest BCUT2D eigenvalue weighted by atomic mass is 10.2. The van der Waals surface area contributed by atoms with Crippen molar-refractivity contribution in [3.8, 4) is 10.4 Å². The highest BCUT2D eigenvalue weighted by Gasteiger charge is 2.23. The minimum Gasteiger partial charge on any atom is -0.351 e. The van der Waals surface area contributed by atoms with E-state index in [-0.39, 0.29) is 11.8 Å². The van der Waals surface area contributed by atoms with Crippen LogP contribution in [0.4, 0.5) is 5.69 Å². The fourth-order valence-corrected chi connectivity index (χ4v) is 6.34. The number of aromatic nitrogens is 5. The lowest BCUT2D eigenvalue weighted by Crippen LogP contribution is -2.36. The molecule has 2 aliphatic rings. The number of pyridine rings is 1. The number of amides is 2. The summed E-state index contributed by atoms with van der Waals surface area (Å²) in [5.41, 5.74) is 4.40. The first-order valence-corrected chi connectivity index (χ1v) is 13.6. The zero-order valence-electron chi connectivity index (χ0n) is 21.0. The number of thiazole rings is 1. The van der Waals surface area contributed by atoms with Crippen LogP contribution in [0.5, 0.6) is 0 Å². The molecule has 11 heteroatoms. The quantitative estimate of drug-likeness (QED) is 0.388. The number of nitrogens with zero attached hydrogens (tertiary/aromatic N) is 6. The van der Waals surface area contributed by atoms with E-state index in [0.717, 1.165) is 47.7 Å². The minimum absolute atomic E-state index is 0.195. The first kappa shape index (κ1) is 23.8. The standard InChI is InChI=1S/C26H30N8O2S/c1-16-5-3-8-32(16)10-7-27-24(35)18-11-21(17(2)28-12-18)31-25(36)20-14-30-34-15-23(37-26(20)34)19-13-29-33-9-4-6-22(19)33/h11-16H,3-10H2,1-2H3,(H,27,35)(H,31,36)/t16-/m0/s1. The van der Waals surface area contributed by atoms with Gasteiger partial charge < -0.3 is 10.6 Å². The fraction of sp³-hybridized carbons (Fsp3) is 0.423. The Labute approximate surface area is 218 Å².